The lowest BCUT2D eigenvalue weighted by Crippen LogP contribution is -2.29. The van der Waals surface area contributed by atoms with E-state index in [4.69, 9.17) is 14.7 Å². The van der Waals surface area contributed by atoms with Crippen LogP contribution in [0.15, 0.2) is 52.2 Å². The van der Waals surface area contributed by atoms with Crippen molar-refractivity contribution in [3.05, 3.63) is 53.5 Å². The quantitative estimate of drug-likeness (QED) is 0.855. The summed E-state index contributed by atoms with van der Waals surface area (Å²) in [6, 6.07) is 3.26. The molecule has 7 heteroatoms. The first-order valence-electron chi connectivity index (χ1n) is 5.28. The topological polar surface area (TPSA) is 111 Å². The molecule has 1 aromatic rings. The van der Waals surface area contributed by atoms with Gasteiger partial charge < -0.3 is 9.52 Å². The van der Waals surface area contributed by atoms with Crippen molar-refractivity contribution in [3.63, 3.8) is 0 Å². The van der Waals surface area contributed by atoms with E-state index in [1.54, 1.807) is 12.1 Å². The highest BCUT2D eigenvalue weighted by Gasteiger charge is 2.26. The van der Waals surface area contributed by atoms with Gasteiger partial charge in [-0.3, -0.25) is 0 Å². The molecule has 0 radical (unpaired) electrons. The minimum absolute atomic E-state index is 0.0160. The maximum Gasteiger partial charge on any atom is 0.335 e. The van der Waals surface area contributed by atoms with Gasteiger partial charge in [-0.2, -0.15) is 0 Å². The van der Waals surface area contributed by atoms with Crippen molar-refractivity contribution in [2.24, 2.45) is 5.14 Å². The molecular weight excluding hydrogens is 270 g/mol. The fourth-order valence-electron chi connectivity index (χ4n) is 1.71. The molecule has 0 bridgehead atoms. The molecule has 1 aliphatic rings. The second-order valence-electron chi connectivity index (χ2n) is 3.93. The molecule has 0 spiro atoms. The number of allylic oxidation sites excluding steroid dienone is 1. The van der Waals surface area contributed by atoms with Crippen LogP contribution in [0.5, 0.6) is 0 Å². The van der Waals surface area contributed by atoms with Crippen LogP contribution in [0.25, 0.3) is 6.08 Å². The van der Waals surface area contributed by atoms with Crippen LogP contribution in [-0.2, 0) is 14.8 Å². The number of primary sulfonamides is 1. The van der Waals surface area contributed by atoms with Crippen molar-refractivity contribution in [1.29, 1.82) is 0 Å². The minimum atomic E-state index is -3.86. The minimum Gasteiger partial charge on any atom is -0.478 e. The first-order valence-corrected chi connectivity index (χ1v) is 6.89. The standard InChI is InChI=1S/C12H11NO5S/c13-19(16,17)11-4-3-8(12(14)15)6-9(11)7-10-2-1-5-18-10/h1-7,11H,(H,14,15)(H2,13,16,17). The molecule has 0 fully saturated rings. The molecule has 1 unspecified atom stereocenters. The van der Waals surface area contributed by atoms with Gasteiger partial charge in [0.2, 0.25) is 10.0 Å². The number of aliphatic carboxylic acids is 1. The lowest BCUT2D eigenvalue weighted by molar-refractivity contribution is -0.132. The fraction of sp³-hybridized carbons (Fsp3) is 0.0833. The van der Waals surface area contributed by atoms with Crippen molar-refractivity contribution in [2.75, 3.05) is 0 Å². The summed E-state index contributed by atoms with van der Waals surface area (Å²) >= 11 is 0. The number of nitrogens with two attached hydrogens (primary N) is 1. The second-order valence-corrected chi connectivity index (χ2v) is 5.62. The summed E-state index contributed by atoms with van der Waals surface area (Å²) in [6.45, 7) is 0. The molecule has 2 rings (SSSR count). The Hall–Kier alpha value is -2.12. The Kier molecular flexibility index (Phi) is 3.41. The SMILES string of the molecule is NS(=O)(=O)C1C=CC(C(=O)O)=CC1=Cc1ccco1. The Morgan fingerprint density at radius 2 is 2.21 bits per heavy atom. The zero-order valence-corrected chi connectivity index (χ0v) is 10.5. The lowest BCUT2D eigenvalue weighted by Gasteiger charge is -2.16. The normalized spacial score (nSPS) is 21.4. The highest BCUT2D eigenvalue weighted by Crippen LogP contribution is 2.24. The van der Waals surface area contributed by atoms with Crippen LogP contribution in [0.1, 0.15) is 5.76 Å². The summed E-state index contributed by atoms with van der Waals surface area (Å²) < 4.78 is 28.0. The third-order valence-corrected chi connectivity index (χ3v) is 3.69. The highest BCUT2D eigenvalue weighted by molar-refractivity contribution is 7.90. The van der Waals surface area contributed by atoms with Crippen LogP contribution in [0.4, 0.5) is 0 Å². The third kappa shape index (κ3) is 3.01. The number of furan rings is 1. The van der Waals surface area contributed by atoms with E-state index in [-0.39, 0.29) is 11.1 Å². The predicted molar refractivity (Wildman–Crippen MR) is 68.4 cm³/mol. The van der Waals surface area contributed by atoms with Crippen LogP contribution in [0, 0.1) is 0 Å². The maximum atomic E-state index is 11.5. The molecule has 0 saturated carbocycles. The number of carboxylic acid groups (broad SMARTS) is 1. The monoisotopic (exact) mass is 281 g/mol. The number of rotatable bonds is 3. The van der Waals surface area contributed by atoms with Crippen molar-refractivity contribution in [1.82, 2.24) is 0 Å². The van der Waals surface area contributed by atoms with E-state index in [1.165, 1.54) is 30.6 Å². The summed E-state index contributed by atoms with van der Waals surface area (Å²) in [5.41, 5.74) is 0.232. The van der Waals surface area contributed by atoms with Crippen molar-refractivity contribution >= 4 is 22.1 Å². The summed E-state index contributed by atoms with van der Waals surface area (Å²) in [4.78, 5) is 10.9. The molecule has 0 saturated heterocycles. The number of sulfonamides is 1. The Morgan fingerprint density at radius 1 is 1.47 bits per heavy atom. The zero-order valence-electron chi connectivity index (χ0n) is 9.68. The molecule has 6 nitrogen and oxygen atoms in total. The lowest BCUT2D eigenvalue weighted by atomic mass is 10.0. The highest BCUT2D eigenvalue weighted by atomic mass is 32.2. The van der Waals surface area contributed by atoms with E-state index in [0.717, 1.165) is 0 Å². The molecule has 1 aromatic heterocycles. The van der Waals surface area contributed by atoms with Crippen LogP contribution in [-0.4, -0.2) is 24.7 Å². The van der Waals surface area contributed by atoms with Gasteiger partial charge in [-0.05, 0) is 29.9 Å². The summed E-state index contributed by atoms with van der Waals surface area (Å²) in [5, 5.41) is 13.0. The molecule has 1 heterocycles. The number of carboxylic acids is 1. The van der Waals surface area contributed by atoms with Crippen LogP contribution < -0.4 is 5.14 Å². The molecule has 1 atom stereocenters. The largest absolute Gasteiger partial charge is 0.478 e. The summed E-state index contributed by atoms with van der Waals surface area (Å²) in [7, 11) is -3.86. The fourth-order valence-corrected chi connectivity index (χ4v) is 2.52. The Bertz CT molecular complexity index is 680. The first-order chi connectivity index (χ1) is 8.88. The summed E-state index contributed by atoms with van der Waals surface area (Å²) in [5.74, 6) is -0.727. The first kappa shape index (κ1) is 13.3. The van der Waals surface area contributed by atoms with Gasteiger partial charge in [0.25, 0.3) is 0 Å². The van der Waals surface area contributed by atoms with E-state index in [0.29, 0.717) is 5.76 Å². The molecule has 100 valence electrons. The molecular formula is C12H11NO5S. The van der Waals surface area contributed by atoms with Gasteiger partial charge in [-0.25, -0.2) is 18.4 Å². The van der Waals surface area contributed by atoms with E-state index in [9.17, 15) is 13.2 Å². The van der Waals surface area contributed by atoms with Crippen molar-refractivity contribution < 1.29 is 22.7 Å². The number of carbonyl (C=O) groups is 1. The van der Waals surface area contributed by atoms with E-state index in [1.807, 2.05) is 0 Å². The number of hydrogen-bond donors (Lipinski definition) is 2. The summed E-state index contributed by atoms with van der Waals surface area (Å²) in [6.07, 6.45) is 6.60. The second kappa shape index (κ2) is 4.87. The molecule has 19 heavy (non-hydrogen) atoms. The van der Waals surface area contributed by atoms with Gasteiger partial charge in [-0.1, -0.05) is 12.2 Å². The number of hydrogen-bond acceptors (Lipinski definition) is 4. The average Bonchev–Trinajstić information content (AvgIpc) is 2.80. The van der Waals surface area contributed by atoms with Crippen LogP contribution >= 0.6 is 0 Å². The van der Waals surface area contributed by atoms with Gasteiger partial charge in [0.1, 0.15) is 11.0 Å². The van der Waals surface area contributed by atoms with Crippen LogP contribution in [0.3, 0.4) is 0 Å². The van der Waals surface area contributed by atoms with Crippen molar-refractivity contribution in [3.8, 4) is 0 Å². The maximum absolute atomic E-state index is 11.5. The van der Waals surface area contributed by atoms with Gasteiger partial charge in [0.15, 0.2) is 0 Å². The van der Waals surface area contributed by atoms with Crippen LogP contribution in [0.2, 0.25) is 0 Å². The molecule has 0 aromatic carbocycles. The zero-order chi connectivity index (χ0) is 14.0. The Labute approximate surface area is 109 Å². The molecule has 1 aliphatic carbocycles. The average molecular weight is 281 g/mol. The Morgan fingerprint density at radius 3 is 2.74 bits per heavy atom. The van der Waals surface area contributed by atoms with Gasteiger partial charge in [0.05, 0.1) is 11.8 Å². The van der Waals surface area contributed by atoms with E-state index in [2.05, 4.69) is 0 Å². The predicted octanol–water partition coefficient (Wildman–Crippen LogP) is 0.901. The van der Waals surface area contributed by atoms with Gasteiger partial charge >= 0.3 is 5.97 Å². The van der Waals surface area contributed by atoms with Gasteiger partial charge in [0, 0.05) is 0 Å². The van der Waals surface area contributed by atoms with Gasteiger partial charge in [-0.15, -0.1) is 0 Å². The van der Waals surface area contributed by atoms with E-state index >= 15 is 0 Å². The molecule has 0 amide bonds. The molecule has 3 N–H and O–H groups in total. The molecule has 0 aliphatic heterocycles. The van der Waals surface area contributed by atoms with Crippen molar-refractivity contribution in [2.45, 2.75) is 5.25 Å². The third-order valence-electron chi connectivity index (χ3n) is 2.55. The van der Waals surface area contributed by atoms with E-state index < -0.39 is 21.2 Å². The Balaban J connectivity index is 2.49. The smallest absolute Gasteiger partial charge is 0.335 e.